The normalized spacial score (nSPS) is 9.22. The van der Waals surface area contributed by atoms with Crippen LogP contribution in [0.5, 0.6) is 0 Å². The van der Waals surface area contributed by atoms with E-state index in [1.54, 1.807) is 0 Å². The number of carbonyl (C=O) groups excluding carboxylic acids is 1. The SMILES string of the molecule is C=CC(=O)C(=N)C(C)C. The van der Waals surface area contributed by atoms with Crippen LogP contribution in [0.1, 0.15) is 13.8 Å². The molecule has 0 aliphatic rings. The molecule has 0 aromatic carbocycles. The zero-order chi connectivity index (χ0) is 7.44. The molecule has 0 radical (unpaired) electrons. The van der Waals surface area contributed by atoms with E-state index in [1.807, 2.05) is 13.8 Å². The Morgan fingerprint density at radius 2 is 2.11 bits per heavy atom. The first-order valence-corrected chi connectivity index (χ1v) is 2.84. The Balaban J connectivity index is 4.04. The zero-order valence-corrected chi connectivity index (χ0v) is 5.77. The van der Waals surface area contributed by atoms with Gasteiger partial charge in [-0.15, -0.1) is 0 Å². The third-order valence-electron chi connectivity index (χ3n) is 1.03. The summed E-state index contributed by atoms with van der Waals surface area (Å²) >= 11 is 0. The average Bonchev–Trinajstić information content (AvgIpc) is 1.84. The summed E-state index contributed by atoms with van der Waals surface area (Å²) in [6.07, 6.45) is 1.17. The molecule has 0 aliphatic heterocycles. The molecule has 0 amide bonds. The second-order valence-electron chi connectivity index (χ2n) is 2.14. The van der Waals surface area contributed by atoms with Crippen molar-refractivity contribution in [2.24, 2.45) is 5.92 Å². The van der Waals surface area contributed by atoms with Gasteiger partial charge in [0.2, 0.25) is 0 Å². The van der Waals surface area contributed by atoms with Crippen LogP contribution in [0.25, 0.3) is 0 Å². The highest BCUT2D eigenvalue weighted by molar-refractivity contribution is 6.43. The number of hydrogen-bond donors (Lipinski definition) is 1. The van der Waals surface area contributed by atoms with E-state index >= 15 is 0 Å². The molecule has 0 saturated heterocycles. The molecular weight excluding hydrogens is 114 g/mol. The van der Waals surface area contributed by atoms with Crippen LogP contribution in [-0.2, 0) is 4.79 Å². The maximum Gasteiger partial charge on any atom is 0.198 e. The second kappa shape index (κ2) is 3.17. The molecule has 2 heteroatoms. The van der Waals surface area contributed by atoms with Crippen LogP contribution in [-0.4, -0.2) is 11.5 Å². The number of ketones is 1. The molecule has 0 aromatic rings. The predicted octanol–water partition coefficient (Wildman–Crippen LogP) is 1.42. The van der Waals surface area contributed by atoms with Crippen molar-refractivity contribution in [3.63, 3.8) is 0 Å². The van der Waals surface area contributed by atoms with Crippen LogP contribution in [0.3, 0.4) is 0 Å². The van der Waals surface area contributed by atoms with Crippen molar-refractivity contribution in [2.75, 3.05) is 0 Å². The fourth-order valence-corrected chi connectivity index (χ4v) is 0.394. The van der Waals surface area contributed by atoms with Gasteiger partial charge in [0.15, 0.2) is 5.78 Å². The lowest BCUT2D eigenvalue weighted by Gasteiger charge is -2.00. The molecule has 50 valence electrons. The van der Waals surface area contributed by atoms with Gasteiger partial charge in [-0.25, -0.2) is 0 Å². The van der Waals surface area contributed by atoms with Gasteiger partial charge in [-0.05, 0) is 12.0 Å². The summed E-state index contributed by atoms with van der Waals surface area (Å²) in [6.45, 7) is 6.89. The Morgan fingerprint density at radius 1 is 1.67 bits per heavy atom. The summed E-state index contributed by atoms with van der Waals surface area (Å²) < 4.78 is 0. The van der Waals surface area contributed by atoms with E-state index in [0.717, 1.165) is 0 Å². The Hall–Kier alpha value is -0.920. The van der Waals surface area contributed by atoms with Crippen LogP contribution in [0.15, 0.2) is 12.7 Å². The minimum atomic E-state index is -0.273. The number of rotatable bonds is 3. The van der Waals surface area contributed by atoms with E-state index in [-0.39, 0.29) is 17.4 Å². The molecular formula is C7H11NO. The highest BCUT2D eigenvalue weighted by Gasteiger charge is 2.07. The molecule has 0 saturated carbocycles. The largest absolute Gasteiger partial charge is 0.301 e. The van der Waals surface area contributed by atoms with Crippen molar-refractivity contribution in [3.8, 4) is 0 Å². The molecule has 2 nitrogen and oxygen atoms in total. The lowest BCUT2D eigenvalue weighted by molar-refractivity contribution is -0.109. The van der Waals surface area contributed by atoms with E-state index in [1.165, 1.54) is 6.08 Å². The molecule has 0 aromatic heterocycles. The summed E-state index contributed by atoms with van der Waals surface area (Å²) in [5, 5.41) is 7.13. The number of hydrogen-bond acceptors (Lipinski definition) is 2. The molecule has 0 heterocycles. The Kier molecular flexibility index (Phi) is 2.85. The smallest absolute Gasteiger partial charge is 0.198 e. The standard InChI is InChI=1S/C7H11NO/c1-4-6(9)7(8)5(2)3/h4-5,8H,1H2,2-3H3. The van der Waals surface area contributed by atoms with Crippen molar-refractivity contribution in [3.05, 3.63) is 12.7 Å². The van der Waals surface area contributed by atoms with E-state index in [2.05, 4.69) is 6.58 Å². The average molecular weight is 125 g/mol. The van der Waals surface area contributed by atoms with Gasteiger partial charge in [0, 0.05) is 0 Å². The highest BCUT2D eigenvalue weighted by atomic mass is 16.1. The van der Waals surface area contributed by atoms with Gasteiger partial charge in [-0.3, -0.25) is 4.79 Å². The maximum atomic E-state index is 10.6. The fourth-order valence-electron chi connectivity index (χ4n) is 0.394. The van der Waals surface area contributed by atoms with Crippen molar-refractivity contribution < 1.29 is 4.79 Å². The van der Waals surface area contributed by atoms with E-state index < -0.39 is 0 Å². The van der Waals surface area contributed by atoms with E-state index in [0.29, 0.717) is 0 Å². The van der Waals surface area contributed by atoms with Gasteiger partial charge in [0.1, 0.15) is 0 Å². The summed E-state index contributed by atoms with van der Waals surface area (Å²) in [7, 11) is 0. The first-order valence-electron chi connectivity index (χ1n) is 2.84. The van der Waals surface area contributed by atoms with E-state index in [4.69, 9.17) is 5.41 Å². The lowest BCUT2D eigenvalue weighted by atomic mass is 10.1. The van der Waals surface area contributed by atoms with Gasteiger partial charge in [-0.2, -0.15) is 0 Å². The summed E-state index contributed by atoms with van der Waals surface area (Å²) in [4.78, 5) is 10.6. The predicted molar refractivity (Wildman–Crippen MR) is 37.8 cm³/mol. The topological polar surface area (TPSA) is 40.9 Å². The van der Waals surface area contributed by atoms with Gasteiger partial charge in [0.05, 0.1) is 5.71 Å². The first-order chi connectivity index (χ1) is 4.09. The van der Waals surface area contributed by atoms with Crippen molar-refractivity contribution >= 4 is 11.5 Å². The molecule has 0 aliphatic carbocycles. The minimum absolute atomic E-state index is 0.00972. The second-order valence-corrected chi connectivity index (χ2v) is 2.14. The maximum absolute atomic E-state index is 10.6. The minimum Gasteiger partial charge on any atom is -0.301 e. The van der Waals surface area contributed by atoms with Crippen molar-refractivity contribution in [2.45, 2.75) is 13.8 Å². The first kappa shape index (κ1) is 8.08. The van der Waals surface area contributed by atoms with Crippen LogP contribution in [0.2, 0.25) is 0 Å². The van der Waals surface area contributed by atoms with Crippen molar-refractivity contribution in [1.82, 2.24) is 0 Å². The molecule has 0 bridgehead atoms. The van der Waals surface area contributed by atoms with Gasteiger partial charge >= 0.3 is 0 Å². The summed E-state index contributed by atoms with van der Waals surface area (Å²) in [5.74, 6) is -0.263. The molecule has 0 fully saturated rings. The third kappa shape index (κ3) is 2.22. The van der Waals surface area contributed by atoms with Gasteiger partial charge < -0.3 is 5.41 Å². The lowest BCUT2D eigenvalue weighted by Crippen LogP contribution is -2.15. The van der Waals surface area contributed by atoms with Gasteiger partial charge in [0.25, 0.3) is 0 Å². The molecule has 0 unspecified atom stereocenters. The molecule has 0 rings (SSSR count). The molecule has 0 spiro atoms. The number of carbonyl (C=O) groups is 1. The van der Waals surface area contributed by atoms with Crippen LogP contribution in [0, 0.1) is 11.3 Å². The fraction of sp³-hybridized carbons (Fsp3) is 0.429. The third-order valence-corrected chi connectivity index (χ3v) is 1.03. The Bertz CT molecular complexity index is 147. The number of allylic oxidation sites excluding steroid dienone is 1. The zero-order valence-electron chi connectivity index (χ0n) is 5.77. The summed E-state index contributed by atoms with van der Waals surface area (Å²) in [5.41, 5.74) is 0.130. The Labute approximate surface area is 55.1 Å². The van der Waals surface area contributed by atoms with E-state index in [9.17, 15) is 4.79 Å². The Morgan fingerprint density at radius 3 is 2.22 bits per heavy atom. The van der Waals surface area contributed by atoms with Crippen LogP contribution < -0.4 is 0 Å². The van der Waals surface area contributed by atoms with Crippen LogP contribution in [0.4, 0.5) is 0 Å². The summed E-state index contributed by atoms with van der Waals surface area (Å²) in [6, 6.07) is 0. The number of nitrogens with one attached hydrogen (secondary N) is 1. The highest BCUT2D eigenvalue weighted by Crippen LogP contribution is 1.95. The molecule has 0 atom stereocenters. The van der Waals surface area contributed by atoms with Crippen molar-refractivity contribution in [1.29, 1.82) is 5.41 Å². The molecule has 1 N–H and O–H groups in total. The van der Waals surface area contributed by atoms with Gasteiger partial charge in [-0.1, -0.05) is 20.4 Å². The monoisotopic (exact) mass is 125 g/mol. The molecule has 9 heavy (non-hydrogen) atoms. The van der Waals surface area contributed by atoms with Crippen LogP contribution >= 0.6 is 0 Å². The quantitative estimate of drug-likeness (QED) is 0.449.